The molecular formula is C29H29N3O9S. The molecule has 1 aliphatic rings. The number of nitro benzene ring substituents is 1. The van der Waals surface area contributed by atoms with Gasteiger partial charge in [0.15, 0.2) is 11.5 Å². The summed E-state index contributed by atoms with van der Waals surface area (Å²) in [6, 6.07) is 9.22. The summed E-state index contributed by atoms with van der Waals surface area (Å²) in [5, 5.41) is 16.2. The van der Waals surface area contributed by atoms with Crippen LogP contribution in [-0.4, -0.2) is 60.9 Å². The van der Waals surface area contributed by atoms with Crippen LogP contribution in [0.4, 0.5) is 10.7 Å². The quantitative estimate of drug-likeness (QED) is 0.0910. The molecule has 0 bridgehead atoms. The Balaban J connectivity index is 1.36. The second-order valence-electron chi connectivity index (χ2n) is 9.22. The molecule has 0 aliphatic carbocycles. The molecule has 0 atom stereocenters. The fraction of sp³-hybridized carbons (Fsp3) is 0.310. The fourth-order valence-corrected chi connectivity index (χ4v) is 5.64. The number of nitrogens with zero attached hydrogens (tertiary/aromatic N) is 2. The van der Waals surface area contributed by atoms with Crippen molar-refractivity contribution < 1.29 is 38.3 Å². The third kappa shape index (κ3) is 6.10. The summed E-state index contributed by atoms with van der Waals surface area (Å²) >= 11 is 1.20. The Kier molecular flexibility index (Phi) is 9.53. The van der Waals surface area contributed by atoms with Crippen molar-refractivity contribution in [3.05, 3.63) is 68.6 Å². The molecule has 0 saturated heterocycles. The van der Waals surface area contributed by atoms with Crippen LogP contribution in [-0.2, 0) is 9.53 Å². The summed E-state index contributed by atoms with van der Waals surface area (Å²) in [7, 11) is 3.04. The zero-order valence-corrected chi connectivity index (χ0v) is 24.1. The second-order valence-corrected chi connectivity index (χ2v) is 10.1. The molecule has 1 aromatic heterocycles. The summed E-state index contributed by atoms with van der Waals surface area (Å²) in [6.45, 7) is 1.94. The Morgan fingerprint density at radius 2 is 1.76 bits per heavy atom. The molecule has 0 fully saturated rings. The molecule has 2 aromatic carbocycles. The Morgan fingerprint density at radius 1 is 1.00 bits per heavy atom. The van der Waals surface area contributed by atoms with E-state index in [1.54, 1.807) is 30.5 Å². The van der Waals surface area contributed by atoms with Gasteiger partial charge in [-0.25, -0.2) is 4.79 Å². The number of benzene rings is 2. The number of rotatable bonds is 13. The third-order valence-electron chi connectivity index (χ3n) is 6.68. The predicted octanol–water partition coefficient (Wildman–Crippen LogP) is 5.31. The molecule has 13 heteroatoms. The van der Waals surface area contributed by atoms with Gasteiger partial charge in [0.2, 0.25) is 5.91 Å². The molecular weight excluding hydrogens is 566 g/mol. The third-order valence-corrected chi connectivity index (χ3v) is 7.57. The van der Waals surface area contributed by atoms with Crippen molar-refractivity contribution in [2.45, 2.75) is 32.6 Å². The van der Waals surface area contributed by atoms with Crippen LogP contribution < -0.4 is 14.8 Å². The molecule has 220 valence electrons. The van der Waals surface area contributed by atoms with E-state index in [2.05, 4.69) is 5.32 Å². The van der Waals surface area contributed by atoms with E-state index in [9.17, 15) is 29.3 Å². The largest absolute Gasteiger partial charge is 0.493 e. The number of hydrogen-bond donors (Lipinski definition) is 1. The molecule has 0 spiro atoms. The van der Waals surface area contributed by atoms with Crippen molar-refractivity contribution in [3.8, 4) is 22.6 Å². The van der Waals surface area contributed by atoms with Crippen LogP contribution in [0, 0.1) is 10.1 Å². The lowest BCUT2D eigenvalue weighted by atomic mass is 10.0. The SMILES string of the molecule is CCOC(=O)c1c(-c2ccc(OC)c(OC)c2)csc1NC(=O)CCCCCN1C(=O)c2cccc([N+](=O)[O-])c2C1=O. The number of amides is 3. The zero-order valence-electron chi connectivity index (χ0n) is 23.3. The highest BCUT2D eigenvalue weighted by Crippen LogP contribution is 2.40. The lowest BCUT2D eigenvalue weighted by molar-refractivity contribution is -0.385. The number of anilines is 1. The van der Waals surface area contributed by atoms with Gasteiger partial charge in [-0.15, -0.1) is 11.3 Å². The van der Waals surface area contributed by atoms with Gasteiger partial charge in [0.25, 0.3) is 17.5 Å². The average molecular weight is 596 g/mol. The Bertz CT molecular complexity index is 1550. The Labute approximate surface area is 245 Å². The minimum atomic E-state index is -0.686. The van der Waals surface area contributed by atoms with Crippen LogP contribution in [0.5, 0.6) is 11.5 Å². The number of fused-ring (bicyclic) bond motifs is 1. The first-order valence-electron chi connectivity index (χ1n) is 13.2. The van der Waals surface area contributed by atoms with Gasteiger partial charge in [-0.05, 0) is 43.5 Å². The van der Waals surface area contributed by atoms with E-state index in [4.69, 9.17) is 14.2 Å². The summed E-state index contributed by atoms with van der Waals surface area (Å²) in [5.41, 5.74) is 0.945. The average Bonchev–Trinajstić information content (AvgIpc) is 3.50. The summed E-state index contributed by atoms with van der Waals surface area (Å²) in [6.07, 6.45) is 1.54. The highest BCUT2D eigenvalue weighted by atomic mass is 32.1. The highest BCUT2D eigenvalue weighted by Gasteiger charge is 2.40. The number of unbranched alkanes of at least 4 members (excludes halogenated alkanes) is 2. The van der Waals surface area contributed by atoms with Crippen molar-refractivity contribution in [1.82, 2.24) is 4.90 Å². The number of thiophene rings is 1. The lowest BCUT2D eigenvalue weighted by Gasteiger charge is -2.13. The van der Waals surface area contributed by atoms with Crippen LogP contribution in [0.3, 0.4) is 0 Å². The molecule has 1 N–H and O–H groups in total. The molecule has 0 radical (unpaired) electrons. The molecule has 4 rings (SSSR count). The summed E-state index contributed by atoms with van der Waals surface area (Å²) < 4.78 is 15.9. The minimum Gasteiger partial charge on any atom is -0.493 e. The van der Waals surface area contributed by atoms with Gasteiger partial charge in [0, 0.05) is 30.0 Å². The lowest BCUT2D eigenvalue weighted by Crippen LogP contribution is -2.30. The van der Waals surface area contributed by atoms with Gasteiger partial charge >= 0.3 is 5.97 Å². The first-order chi connectivity index (χ1) is 20.2. The van der Waals surface area contributed by atoms with Gasteiger partial charge in [-0.2, -0.15) is 0 Å². The predicted molar refractivity (Wildman–Crippen MR) is 154 cm³/mol. The van der Waals surface area contributed by atoms with Crippen molar-refractivity contribution in [1.29, 1.82) is 0 Å². The summed E-state index contributed by atoms with van der Waals surface area (Å²) in [5.74, 6) is -1.11. The van der Waals surface area contributed by atoms with E-state index in [1.165, 1.54) is 43.8 Å². The van der Waals surface area contributed by atoms with Gasteiger partial charge in [0.05, 0.1) is 31.3 Å². The second kappa shape index (κ2) is 13.3. The fourth-order valence-electron chi connectivity index (χ4n) is 4.66. The molecule has 12 nitrogen and oxygen atoms in total. The maximum Gasteiger partial charge on any atom is 0.341 e. The van der Waals surface area contributed by atoms with Crippen molar-refractivity contribution in [2.24, 2.45) is 0 Å². The van der Waals surface area contributed by atoms with Gasteiger partial charge in [-0.1, -0.05) is 18.6 Å². The monoisotopic (exact) mass is 595 g/mol. The van der Waals surface area contributed by atoms with E-state index >= 15 is 0 Å². The van der Waals surface area contributed by atoms with E-state index in [0.717, 1.165) is 4.90 Å². The van der Waals surface area contributed by atoms with Crippen LogP contribution in [0.1, 0.15) is 63.7 Å². The van der Waals surface area contributed by atoms with Crippen LogP contribution in [0.2, 0.25) is 0 Å². The van der Waals surface area contributed by atoms with E-state index < -0.39 is 28.4 Å². The van der Waals surface area contributed by atoms with Crippen LogP contribution in [0.15, 0.2) is 41.8 Å². The van der Waals surface area contributed by atoms with E-state index in [1.807, 2.05) is 0 Å². The van der Waals surface area contributed by atoms with E-state index in [-0.39, 0.29) is 42.2 Å². The summed E-state index contributed by atoms with van der Waals surface area (Å²) in [4.78, 5) is 62.6. The number of hydrogen-bond acceptors (Lipinski definition) is 10. The Hall–Kier alpha value is -4.78. The molecule has 3 aromatic rings. The normalized spacial score (nSPS) is 12.2. The number of imide groups is 1. The zero-order chi connectivity index (χ0) is 30.4. The van der Waals surface area contributed by atoms with Crippen molar-refractivity contribution in [3.63, 3.8) is 0 Å². The molecule has 42 heavy (non-hydrogen) atoms. The number of esters is 1. The molecule has 1 aliphatic heterocycles. The molecule has 2 heterocycles. The Morgan fingerprint density at radius 3 is 2.45 bits per heavy atom. The maximum absolute atomic E-state index is 12.9. The number of methoxy groups -OCH3 is 2. The van der Waals surface area contributed by atoms with Crippen molar-refractivity contribution >= 4 is 45.7 Å². The standard InChI is InChI=1S/C29H29N3O9S/c1-4-41-29(36)25-19(17-12-13-21(39-2)22(15-17)40-3)16-42-26(25)30-23(33)11-6-5-7-14-31-27(34)18-9-8-10-20(32(37)38)24(18)28(31)35/h8-10,12-13,15-16H,4-7,11,14H2,1-3H3,(H,30,33). The highest BCUT2D eigenvalue weighted by molar-refractivity contribution is 7.15. The topological polar surface area (TPSA) is 154 Å². The number of ether oxygens (including phenoxy) is 3. The first kappa shape index (κ1) is 30.2. The van der Waals surface area contributed by atoms with Gasteiger partial charge in [-0.3, -0.25) is 29.4 Å². The smallest absolute Gasteiger partial charge is 0.341 e. The molecule has 0 unspecified atom stereocenters. The van der Waals surface area contributed by atoms with Gasteiger partial charge < -0.3 is 19.5 Å². The van der Waals surface area contributed by atoms with Crippen molar-refractivity contribution in [2.75, 3.05) is 32.7 Å². The van der Waals surface area contributed by atoms with E-state index in [0.29, 0.717) is 46.9 Å². The number of nitro groups is 1. The van der Waals surface area contributed by atoms with Gasteiger partial charge in [0.1, 0.15) is 16.1 Å². The molecule has 0 saturated carbocycles. The number of nitrogens with one attached hydrogen (secondary N) is 1. The van der Waals surface area contributed by atoms with Crippen LogP contribution >= 0.6 is 11.3 Å². The number of carbonyl (C=O) groups excluding carboxylic acids is 4. The van der Waals surface area contributed by atoms with Crippen LogP contribution in [0.25, 0.3) is 11.1 Å². The number of carbonyl (C=O) groups is 4. The molecule has 3 amide bonds. The first-order valence-corrected chi connectivity index (χ1v) is 14.0. The minimum absolute atomic E-state index is 0.0226. The maximum atomic E-state index is 12.9.